The van der Waals surface area contributed by atoms with Gasteiger partial charge in [-0.25, -0.2) is 4.98 Å². The maximum Gasteiger partial charge on any atom is 0.101 e. The number of halogens is 2. The lowest BCUT2D eigenvalue weighted by Crippen LogP contribution is -2.11. The van der Waals surface area contributed by atoms with Gasteiger partial charge in [0.1, 0.15) is 5.03 Å². The summed E-state index contributed by atoms with van der Waals surface area (Å²) in [5, 5.41) is 4.31. The van der Waals surface area contributed by atoms with Crippen LogP contribution in [0.5, 0.6) is 0 Å². The number of nitrogens with one attached hydrogen (secondary N) is 1. The summed E-state index contributed by atoms with van der Waals surface area (Å²) in [6, 6.07) is 10.4. The highest BCUT2D eigenvalue weighted by Crippen LogP contribution is 2.33. The van der Waals surface area contributed by atoms with Gasteiger partial charge in [-0.15, -0.1) is 0 Å². The van der Waals surface area contributed by atoms with Gasteiger partial charge in [-0.2, -0.15) is 0 Å². The third-order valence-corrected chi connectivity index (χ3v) is 4.90. The molecule has 0 aliphatic rings. The minimum atomic E-state index is 0.899. The van der Waals surface area contributed by atoms with Gasteiger partial charge < -0.3 is 5.32 Å². The van der Waals surface area contributed by atoms with Crippen LogP contribution in [0.2, 0.25) is 0 Å². The van der Waals surface area contributed by atoms with E-state index in [-0.39, 0.29) is 0 Å². The lowest BCUT2D eigenvalue weighted by molar-refractivity contribution is 0.726. The fraction of sp³-hybridized carbons (Fsp3) is 0.214. The summed E-state index contributed by atoms with van der Waals surface area (Å²) in [7, 11) is 0. The Morgan fingerprint density at radius 1 is 1.21 bits per heavy atom. The summed E-state index contributed by atoms with van der Waals surface area (Å²) in [5.41, 5.74) is 1.28. The van der Waals surface area contributed by atoms with Crippen LogP contribution >= 0.6 is 43.6 Å². The van der Waals surface area contributed by atoms with E-state index in [1.54, 1.807) is 11.8 Å². The third kappa shape index (κ3) is 4.60. The van der Waals surface area contributed by atoms with Crippen LogP contribution in [-0.4, -0.2) is 11.5 Å². The molecule has 0 atom stereocenters. The number of pyridine rings is 1. The van der Waals surface area contributed by atoms with E-state index in [9.17, 15) is 0 Å². The number of nitrogens with zero attached hydrogens (tertiary/aromatic N) is 1. The first-order valence-electron chi connectivity index (χ1n) is 5.97. The minimum Gasteiger partial charge on any atom is -0.313 e. The minimum absolute atomic E-state index is 0.899. The highest BCUT2D eigenvalue weighted by molar-refractivity contribution is 9.10. The molecule has 0 aliphatic heterocycles. The SMILES string of the molecule is CCNCc1ccc(Sc2ccc(Br)cn2)c(Br)c1. The fourth-order valence-corrected chi connectivity index (χ4v) is 3.20. The molecule has 1 aromatic carbocycles. The molecular weight excluding hydrogens is 388 g/mol. The zero-order valence-electron chi connectivity index (χ0n) is 10.5. The van der Waals surface area contributed by atoms with Crippen molar-refractivity contribution >= 4 is 43.6 Å². The first kappa shape index (κ1) is 15.0. The van der Waals surface area contributed by atoms with Crippen molar-refractivity contribution in [2.75, 3.05) is 6.54 Å². The summed E-state index contributed by atoms with van der Waals surface area (Å²) in [5.74, 6) is 0. The summed E-state index contributed by atoms with van der Waals surface area (Å²) in [4.78, 5) is 5.55. The Hall–Kier alpha value is -0.360. The maximum atomic E-state index is 4.37. The smallest absolute Gasteiger partial charge is 0.101 e. The molecule has 1 N–H and O–H groups in total. The van der Waals surface area contributed by atoms with E-state index in [0.717, 1.165) is 27.1 Å². The molecule has 0 bridgehead atoms. The highest BCUT2D eigenvalue weighted by atomic mass is 79.9. The molecule has 0 saturated carbocycles. The molecule has 2 aromatic rings. The second-order valence-electron chi connectivity index (χ2n) is 3.96. The molecule has 0 fully saturated rings. The molecule has 2 nitrogen and oxygen atoms in total. The van der Waals surface area contributed by atoms with E-state index >= 15 is 0 Å². The summed E-state index contributed by atoms with van der Waals surface area (Å²) in [6.45, 7) is 3.99. The Morgan fingerprint density at radius 2 is 2.05 bits per heavy atom. The van der Waals surface area contributed by atoms with E-state index in [1.807, 2.05) is 18.3 Å². The second-order valence-corrected chi connectivity index (χ2v) is 6.79. The van der Waals surface area contributed by atoms with Crippen LogP contribution in [0.1, 0.15) is 12.5 Å². The lowest BCUT2D eigenvalue weighted by Gasteiger charge is -2.07. The third-order valence-electron chi connectivity index (χ3n) is 2.49. The topological polar surface area (TPSA) is 24.9 Å². The molecule has 0 aliphatic carbocycles. The fourth-order valence-electron chi connectivity index (χ4n) is 1.54. The molecule has 0 saturated heterocycles. The molecule has 2 rings (SSSR count). The Labute approximate surface area is 134 Å². The predicted molar refractivity (Wildman–Crippen MR) is 87.6 cm³/mol. The van der Waals surface area contributed by atoms with Crippen molar-refractivity contribution in [2.45, 2.75) is 23.4 Å². The molecule has 1 heterocycles. The Bertz CT molecular complexity index is 544. The Balaban J connectivity index is 2.10. The van der Waals surface area contributed by atoms with Crippen LogP contribution in [0.4, 0.5) is 0 Å². The van der Waals surface area contributed by atoms with Crippen molar-refractivity contribution < 1.29 is 0 Å². The summed E-state index contributed by atoms with van der Waals surface area (Å²) < 4.78 is 2.11. The van der Waals surface area contributed by atoms with Crippen molar-refractivity contribution in [1.82, 2.24) is 10.3 Å². The Morgan fingerprint density at radius 3 is 2.68 bits per heavy atom. The van der Waals surface area contributed by atoms with E-state index < -0.39 is 0 Å². The summed E-state index contributed by atoms with van der Waals surface area (Å²) in [6.07, 6.45) is 1.82. The molecule has 0 unspecified atom stereocenters. The zero-order valence-corrected chi connectivity index (χ0v) is 14.5. The van der Waals surface area contributed by atoms with Crippen LogP contribution < -0.4 is 5.32 Å². The number of aromatic nitrogens is 1. The average Bonchev–Trinajstić information content (AvgIpc) is 2.41. The predicted octanol–water partition coefficient (Wildman–Crippen LogP) is 4.87. The van der Waals surface area contributed by atoms with Gasteiger partial charge in [0.05, 0.1) is 0 Å². The van der Waals surface area contributed by atoms with Gasteiger partial charge in [0.25, 0.3) is 0 Å². The number of hydrogen-bond donors (Lipinski definition) is 1. The number of hydrogen-bond acceptors (Lipinski definition) is 3. The molecule has 1 aromatic heterocycles. The lowest BCUT2D eigenvalue weighted by atomic mass is 10.2. The van der Waals surface area contributed by atoms with Gasteiger partial charge in [0.2, 0.25) is 0 Å². The zero-order chi connectivity index (χ0) is 13.7. The first-order valence-corrected chi connectivity index (χ1v) is 8.38. The number of rotatable bonds is 5. The van der Waals surface area contributed by atoms with Gasteiger partial charge in [-0.1, -0.05) is 24.8 Å². The first-order chi connectivity index (χ1) is 9.19. The molecule has 100 valence electrons. The average molecular weight is 402 g/mol. The van der Waals surface area contributed by atoms with Crippen molar-refractivity contribution in [3.63, 3.8) is 0 Å². The molecule has 0 amide bonds. The largest absolute Gasteiger partial charge is 0.313 e. The van der Waals surface area contributed by atoms with Gasteiger partial charge in [-0.05, 0) is 68.2 Å². The highest BCUT2D eigenvalue weighted by Gasteiger charge is 2.05. The van der Waals surface area contributed by atoms with Crippen molar-refractivity contribution in [3.05, 3.63) is 51.0 Å². The standard InChI is InChI=1S/C14H14Br2N2S/c1-2-17-8-10-3-5-13(12(16)7-10)19-14-6-4-11(15)9-18-14/h3-7,9,17H,2,8H2,1H3. The van der Waals surface area contributed by atoms with Crippen LogP contribution in [-0.2, 0) is 6.54 Å². The normalized spacial score (nSPS) is 10.7. The maximum absolute atomic E-state index is 4.37. The van der Waals surface area contributed by atoms with Crippen molar-refractivity contribution in [3.8, 4) is 0 Å². The second kappa shape index (κ2) is 7.43. The van der Waals surface area contributed by atoms with Crippen LogP contribution in [0.25, 0.3) is 0 Å². The quantitative estimate of drug-likeness (QED) is 0.773. The molecular formula is C14H14Br2N2S. The van der Waals surface area contributed by atoms with Gasteiger partial charge in [0.15, 0.2) is 0 Å². The van der Waals surface area contributed by atoms with Crippen molar-refractivity contribution in [2.24, 2.45) is 0 Å². The van der Waals surface area contributed by atoms with Crippen LogP contribution in [0.3, 0.4) is 0 Å². The molecule has 0 radical (unpaired) electrons. The Kier molecular flexibility index (Phi) is 5.88. The van der Waals surface area contributed by atoms with E-state index in [1.165, 1.54) is 10.5 Å². The monoisotopic (exact) mass is 400 g/mol. The van der Waals surface area contributed by atoms with Gasteiger partial charge >= 0.3 is 0 Å². The van der Waals surface area contributed by atoms with Crippen molar-refractivity contribution in [1.29, 1.82) is 0 Å². The molecule has 19 heavy (non-hydrogen) atoms. The van der Waals surface area contributed by atoms with Crippen LogP contribution in [0.15, 0.2) is 55.4 Å². The van der Waals surface area contributed by atoms with E-state index in [0.29, 0.717) is 0 Å². The molecule has 0 spiro atoms. The van der Waals surface area contributed by atoms with Gasteiger partial charge in [-0.3, -0.25) is 0 Å². The van der Waals surface area contributed by atoms with Crippen LogP contribution in [0, 0.1) is 0 Å². The summed E-state index contributed by atoms with van der Waals surface area (Å²) >= 11 is 8.67. The van der Waals surface area contributed by atoms with E-state index in [4.69, 9.17) is 0 Å². The van der Waals surface area contributed by atoms with Gasteiger partial charge in [0, 0.05) is 26.6 Å². The van der Waals surface area contributed by atoms with E-state index in [2.05, 4.69) is 67.3 Å². The number of benzene rings is 1. The molecule has 5 heteroatoms.